The fraction of sp³-hybridized carbons (Fsp3) is 0.929. The van der Waals surface area contributed by atoms with E-state index >= 15 is 0 Å². The maximum Gasteiger partial charge on any atom is 0.317 e. The monoisotopic (exact) mass is 240 g/mol. The zero-order chi connectivity index (χ0) is 12.7. The third-order valence-corrected chi connectivity index (χ3v) is 4.00. The van der Waals surface area contributed by atoms with Crippen LogP contribution in [0.15, 0.2) is 0 Å². The molecule has 1 saturated heterocycles. The van der Waals surface area contributed by atoms with Gasteiger partial charge in [-0.1, -0.05) is 39.5 Å². The summed E-state index contributed by atoms with van der Waals surface area (Å²) >= 11 is 0. The molecule has 1 fully saturated rings. The zero-order valence-corrected chi connectivity index (χ0v) is 11.7. The molecule has 2 amide bonds. The van der Waals surface area contributed by atoms with Crippen LogP contribution >= 0.6 is 0 Å². The van der Waals surface area contributed by atoms with Gasteiger partial charge in [0.25, 0.3) is 0 Å². The quantitative estimate of drug-likeness (QED) is 0.802. The van der Waals surface area contributed by atoms with E-state index in [4.69, 9.17) is 0 Å². The first kappa shape index (κ1) is 14.3. The third-order valence-electron chi connectivity index (χ3n) is 4.00. The number of carbonyl (C=O) groups is 1. The van der Waals surface area contributed by atoms with Gasteiger partial charge < -0.3 is 10.2 Å². The molecule has 0 bridgehead atoms. The highest BCUT2D eigenvalue weighted by Gasteiger charge is 2.20. The molecule has 1 N–H and O–H groups in total. The summed E-state index contributed by atoms with van der Waals surface area (Å²) in [6, 6.07) is 0.437. The summed E-state index contributed by atoms with van der Waals surface area (Å²) in [5.74, 6) is 0.603. The molecule has 3 nitrogen and oxygen atoms in total. The number of hydrogen-bond donors (Lipinski definition) is 1. The van der Waals surface area contributed by atoms with E-state index in [-0.39, 0.29) is 6.03 Å². The second-order valence-corrected chi connectivity index (χ2v) is 5.22. The summed E-state index contributed by atoms with van der Waals surface area (Å²) in [5, 5.41) is 3.17. The van der Waals surface area contributed by atoms with Crippen LogP contribution in [-0.2, 0) is 0 Å². The summed E-state index contributed by atoms with van der Waals surface area (Å²) in [4.78, 5) is 14.1. The van der Waals surface area contributed by atoms with Gasteiger partial charge in [0.2, 0.25) is 0 Å². The van der Waals surface area contributed by atoms with Gasteiger partial charge in [-0.3, -0.25) is 0 Å². The Morgan fingerprint density at radius 3 is 2.12 bits per heavy atom. The second-order valence-electron chi connectivity index (χ2n) is 5.22. The van der Waals surface area contributed by atoms with E-state index in [2.05, 4.69) is 26.1 Å². The molecule has 0 aliphatic carbocycles. The molecule has 1 unspecified atom stereocenters. The predicted octanol–water partition coefficient (Wildman–Crippen LogP) is 3.40. The molecular formula is C14H28N2O. The van der Waals surface area contributed by atoms with E-state index in [1.807, 2.05) is 4.90 Å². The number of hydrogen-bond acceptors (Lipinski definition) is 1. The molecule has 0 aromatic heterocycles. The average molecular weight is 240 g/mol. The molecule has 0 radical (unpaired) electrons. The van der Waals surface area contributed by atoms with E-state index in [0.717, 1.165) is 38.8 Å². The number of rotatable bonds is 4. The van der Waals surface area contributed by atoms with Crippen LogP contribution in [0.3, 0.4) is 0 Å². The van der Waals surface area contributed by atoms with E-state index < -0.39 is 0 Å². The molecule has 1 rings (SSSR count). The number of amides is 2. The minimum absolute atomic E-state index is 0.145. The van der Waals surface area contributed by atoms with Crippen LogP contribution < -0.4 is 5.32 Å². The summed E-state index contributed by atoms with van der Waals surface area (Å²) < 4.78 is 0. The van der Waals surface area contributed by atoms with Gasteiger partial charge in [-0.25, -0.2) is 4.79 Å². The Morgan fingerprint density at radius 1 is 1.12 bits per heavy atom. The van der Waals surface area contributed by atoms with E-state index in [1.165, 1.54) is 12.8 Å². The average Bonchev–Trinajstić information content (AvgIpc) is 2.59. The molecule has 1 atom stereocenters. The van der Waals surface area contributed by atoms with Gasteiger partial charge in [0, 0.05) is 19.1 Å². The van der Waals surface area contributed by atoms with Gasteiger partial charge in [0.1, 0.15) is 0 Å². The lowest BCUT2D eigenvalue weighted by molar-refractivity contribution is 0.191. The molecule has 100 valence electrons. The molecule has 17 heavy (non-hydrogen) atoms. The largest absolute Gasteiger partial charge is 0.335 e. The highest BCUT2D eigenvalue weighted by atomic mass is 16.2. The van der Waals surface area contributed by atoms with Gasteiger partial charge in [-0.2, -0.15) is 0 Å². The lowest BCUT2D eigenvalue weighted by Gasteiger charge is -2.27. The topological polar surface area (TPSA) is 32.3 Å². The van der Waals surface area contributed by atoms with E-state index in [0.29, 0.717) is 12.0 Å². The Bertz CT molecular complexity index is 218. The lowest BCUT2D eigenvalue weighted by Crippen LogP contribution is -2.46. The Hall–Kier alpha value is -0.730. The Kier molecular flexibility index (Phi) is 6.38. The number of likely N-dealkylation sites (tertiary alicyclic amines) is 1. The van der Waals surface area contributed by atoms with Gasteiger partial charge in [0.05, 0.1) is 0 Å². The molecule has 0 aromatic rings. The van der Waals surface area contributed by atoms with Gasteiger partial charge in [0.15, 0.2) is 0 Å². The van der Waals surface area contributed by atoms with Crippen molar-refractivity contribution in [3.8, 4) is 0 Å². The number of nitrogens with zero attached hydrogens (tertiary/aromatic N) is 1. The lowest BCUT2D eigenvalue weighted by atomic mass is 9.96. The van der Waals surface area contributed by atoms with Gasteiger partial charge in [-0.15, -0.1) is 0 Å². The summed E-state index contributed by atoms with van der Waals surface area (Å²) in [7, 11) is 0. The molecule has 0 spiro atoms. The Labute approximate surface area is 106 Å². The molecule has 3 heteroatoms. The standard InChI is InChI=1S/C14H28N2O/c1-4-13(5-2)12(3)15-14(17)16-10-8-6-7-9-11-16/h12-13H,4-11H2,1-3H3,(H,15,17). The van der Waals surface area contributed by atoms with Crippen molar-refractivity contribution >= 4 is 6.03 Å². The maximum atomic E-state index is 12.1. The fourth-order valence-corrected chi connectivity index (χ4v) is 2.67. The second kappa shape index (κ2) is 7.57. The number of carbonyl (C=O) groups excluding carboxylic acids is 1. The van der Waals surface area contributed by atoms with Crippen molar-refractivity contribution in [3.63, 3.8) is 0 Å². The summed E-state index contributed by atoms with van der Waals surface area (Å²) in [6.07, 6.45) is 7.13. The molecule has 1 heterocycles. The molecule has 1 aliphatic heterocycles. The minimum atomic E-state index is 0.145. The maximum absolute atomic E-state index is 12.1. The molecule has 0 saturated carbocycles. The first-order valence-electron chi connectivity index (χ1n) is 7.24. The van der Waals surface area contributed by atoms with Crippen LogP contribution in [0, 0.1) is 5.92 Å². The minimum Gasteiger partial charge on any atom is -0.335 e. The Balaban J connectivity index is 2.41. The van der Waals surface area contributed by atoms with Crippen LogP contribution in [0.2, 0.25) is 0 Å². The third kappa shape index (κ3) is 4.57. The first-order valence-corrected chi connectivity index (χ1v) is 7.24. The Morgan fingerprint density at radius 2 is 1.65 bits per heavy atom. The molecular weight excluding hydrogens is 212 g/mol. The van der Waals surface area contributed by atoms with Crippen molar-refractivity contribution < 1.29 is 4.79 Å². The van der Waals surface area contributed by atoms with Crippen LogP contribution in [0.5, 0.6) is 0 Å². The first-order chi connectivity index (χ1) is 8.19. The predicted molar refractivity (Wildman–Crippen MR) is 72.1 cm³/mol. The van der Waals surface area contributed by atoms with Crippen molar-refractivity contribution in [3.05, 3.63) is 0 Å². The van der Waals surface area contributed by atoms with Crippen molar-refractivity contribution in [1.82, 2.24) is 10.2 Å². The van der Waals surface area contributed by atoms with E-state index in [9.17, 15) is 4.79 Å². The summed E-state index contributed by atoms with van der Waals surface area (Å²) in [6.45, 7) is 8.39. The molecule has 1 aliphatic rings. The van der Waals surface area contributed by atoms with Gasteiger partial charge >= 0.3 is 6.03 Å². The number of nitrogens with one attached hydrogen (secondary N) is 1. The highest BCUT2D eigenvalue weighted by Crippen LogP contribution is 2.14. The smallest absolute Gasteiger partial charge is 0.317 e. The van der Waals surface area contributed by atoms with E-state index in [1.54, 1.807) is 0 Å². The normalized spacial score (nSPS) is 18.9. The summed E-state index contributed by atoms with van der Waals surface area (Å²) in [5.41, 5.74) is 0. The van der Waals surface area contributed by atoms with Gasteiger partial charge in [-0.05, 0) is 25.7 Å². The van der Waals surface area contributed by atoms with Crippen molar-refractivity contribution in [2.24, 2.45) is 5.92 Å². The molecule has 0 aromatic carbocycles. The zero-order valence-electron chi connectivity index (χ0n) is 11.7. The van der Waals surface area contributed by atoms with Crippen LogP contribution in [-0.4, -0.2) is 30.1 Å². The van der Waals surface area contributed by atoms with Crippen molar-refractivity contribution in [2.45, 2.75) is 65.3 Å². The van der Waals surface area contributed by atoms with Crippen LogP contribution in [0.4, 0.5) is 4.79 Å². The SMILES string of the molecule is CCC(CC)C(C)NC(=O)N1CCCCCC1. The van der Waals surface area contributed by atoms with Crippen LogP contribution in [0.1, 0.15) is 59.3 Å². The van der Waals surface area contributed by atoms with Crippen molar-refractivity contribution in [2.75, 3.05) is 13.1 Å². The van der Waals surface area contributed by atoms with Crippen molar-refractivity contribution in [1.29, 1.82) is 0 Å². The fourth-order valence-electron chi connectivity index (χ4n) is 2.67. The van der Waals surface area contributed by atoms with Crippen LogP contribution in [0.25, 0.3) is 0 Å². The highest BCUT2D eigenvalue weighted by molar-refractivity contribution is 5.74. The number of urea groups is 1.